The monoisotopic (exact) mass is 277 g/mol. The standard InChI is InChI=1S/C11H20BrNO2/c1-5-10(3,4)13-8-11(13,7-12)9(14)15-6-2/h5-8H2,1-4H3. The van der Waals surface area contributed by atoms with Crippen molar-refractivity contribution < 1.29 is 9.53 Å². The molecule has 0 amide bonds. The molecule has 0 saturated carbocycles. The van der Waals surface area contributed by atoms with Crippen LogP contribution in [0.15, 0.2) is 0 Å². The minimum Gasteiger partial charge on any atom is -0.465 e. The minimum absolute atomic E-state index is 0.0700. The molecule has 2 atom stereocenters. The highest BCUT2D eigenvalue weighted by Gasteiger charge is 2.63. The molecule has 1 heterocycles. The van der Waals surface area contributed by atoms with Gasteiger partial charge in [0.15, 0.2) is 0 Å². The highest BCUT2D eigenvalue weighted by Crippen LogP contribution is 2.43. The van der Waals surface area contributed by atoms with Gasteiger partial charge < -0.3 is 4.74 Å². The summed E-state index contributed by atoms with van der Waals surface area (Å²) in [7, 11) is 0. The van der Waals surface area contributed by atoms with Crippen LogP contribution in [0.1, 0.15) is 34.1 Å². The van der Waals surface area contributed by atoms with Crippen LogP contribution in [0.25, 0.3) is 0 Å². The zero-order valence-electron chi connectivity index (χ0n) is 9.97. The van der Waals surface area contributed by atoms with E-state index < -0.39 is 5.54 Å². The first-order valence-electron chi connectivity index (χ1n) is 5.45. The van der Waals surface area contributed by atoms with Gasteiger partial charge in [0, 0.05) is 17.4 Å². The second kappa shape index (κ2) is 4.42. The predicted molar refractivity (Wildman–Crippen MR) is 64.2 cm³/mol. The lowest BCUT2D eigenvalue weighted by Gasteiger charge is -2.28. The van der Waals surface area contributed by atoms with Gasteiger partial charge in [-0.1, -0.05) is 22.9 Å². The van der Waals surface area contributed by atoms with Crippen LogP contribution < -0.4 is 0 Å². The van der Waals surface area contributed by atoms with E-state index in [0.29, 0.717) is 11.9 Å². The fourth-order valence-electron chi connectivity index (χ4n) is 1.82. The highest BCUT2D eigenvalue weighted by molar-refractivity contribution is 9.09. The maximum atomic E-state index is 11.8. The Morgan fingerprint density at radius 1 is 1.53 bits per heavy atom. The Hall–Kier alpha value is -0.0900. The third-order valence-electron chi connectivity index (χ3n) is 3.31. The molecule has 0 bridgehead atoms. The lowest BCUT2D eigenvalue weighted by molar-refractivity contribution is -0.147. The molecule has 0 spiro atoms. The molecule has 1 aliphatic rings. The molecule has 15 heavy (non-hydrogen) atoms. The van der Waals surface area contributed by atoms with Gasteiger partial charge in [-0.15, -0.1) is 0 Å². The van der Waals surface area contributed by atoms with Gasteiger partial charge in [-0.05, 0) is 27.2 Å². The quantitative estimate of drug-likeness (QED) is 0.438. The average Bonchev–Trinajstić information content (AvgIpc) is 2.95. The van der Waals surface area contributed by atoms with Crippen LogP contribution in [0.3, 0.4) is 0 Å². The molecular weight excluding hydrogens is 258 g/mol. The molecule has 1 rings (SSSR count). The third-order valence-corrected chi connectivity index (χ3v) is 4.23. The zero-order valence-corrected chi connectivity index (χ0v) is 11.6. The number of carbonyl (C=O) groups excluding carboxylic acids is 1. The van der Waals surface area contributed by atoms with E-state index in [2.05, 4.69) is 41.6 Å². The van der Waals surface area contributed by atoms with Crippen molar-refractivity contribution in [3.05, 3.63) is 0 Å². The number of hydrogen-bond acceptors (Lipinski definition) is 3. The number of alkyl halides is 1. The Labute approximate surface area is 100 Å². The number of hydrogen-bond donors (Lipinski definition) is 0. The van der Waals surface area contributed by atoms with E-state index in [1.165, 1.54) is 0 Å². The van der Waals surface area contributed by atoms with E-state index in [9.17, 15) is 4.79 Å². The number of ether oxygens (including phenoxy) is 1. The number of halogens is 1. The summed E-state index contributed by atoms with van der Waals surface area (Å²) >= 11 is 3.42. The number of carbonyl (C=O) groups is 1. The molecule has 0 aromatic carbocycles. The van der Waals surface area contributed by atoms with Gasteiger partial charge in [0.2, 0.25) is 0 Å². The number of rotatable bonds is 5. The lowest BCUT2D eigenvalue weighted by Crippen LogP contribution is -2.41. The largest absolute Gasteiger partial charge is 0.465 e. The second-order valence-corrected chi connectivity index (χ2v) is 5.20. The molecule has 0 aliphatic carbocycles. The summed E-state index contributed by atoms with van der Waals surface area (Å²) in [6.07, 6.45) is 1.03. The SMILES string of the molecule is CCOC(=O)C1(CBr)CN1C(C)(C)CC. The maximum Gasteiger partial charge on any atom is 0.328 e. The van der Waals surface area contributed by atoms with Crippen LogP contribution in [0, 0.1) is 0 Å². The van der Waals surface area contributed by atoms with Crippen molar-refractivity contribution in [1.29, 1.82) is 0 Å². The first-order valence-corrected chi connectivity index (χ1v) is 6.57. The number of esters is 1. The first-order chi connectivity index (χ1) is 6.94. The summed E-state index contributed by atoms with van der Waals surface area (Å²) in [5.74, 6) is -0.0941. The molecule has 2 unspecified atom stereocenters. The van der Waals surface area contributed by atoms with E-state index in [-0.39, 0.29) is 11.5 Å². The average molecular weight is 278 g/mol. The fraction of sp³-hybridized carbons (Fsp3) is 0.909. The summed E-state index contributed by atoms with van der Waals surface area (Å²) in [6, 6.07) is 0. The summed E-state index contributed by atoms with van der Waals surface area (Å²) < 4.78 is 5.12. The van der Waals surface area contributed by atoms with Gasteiger partial charge in [-0.2, -0.15) is 0 Å². The van der Waals surface area contributed by atoms with Crippen molar-refractivity contribution in [3.8, 4) is 0 Å². The van der Waals surface area contributed by atoms with Gasteiger partial charge >= 0.3 is 5.97 Å². The summed E-state index contributed by atoms with van der Waals surface area (Å²) in [5.41, 5.74) is -0.337. The molecule has 3 nitrogen and oxygen atoms in total. The Morgan fingerprint density at radius 2 is 2.13 bits per heavy atom. The van der Waals surface area contributed by atoms with Crippen molar-refractivity contribution in [2.75, 3.05) is 18.5 Å². The van der Waals surface area contributed by atoms with Crippen LogP contribution in [0.4, 0.5) is 0 Å². The Bertz CT molecular complexity index is 255. The summed E-state index contributed by atoms with van der Waals surface area (Å²) in [4.78, 5) is 14.1. The van der Waals surface area contributed by atoms with Gasteiger partial charge in [0.05, 0.1) is 6.61 Å². The molecule has 4 heteroatoms. The van der Waals surface area contributed by atoms with Crippen molar-refractivity contribution in [2.24, 2.45) is 0 Å². The topological polar surface area (TPSA) is 29.3 Å². The molecule has 0 radical (unpaired) electrons. The fourth-order valence-corrected chi connectivity index (χ4v) is 2.53. The predicted octanol–water partition coefficient (Wildman–Crippen LogP) is 2.19. The van der Waals surface area contributed by atoms with Gasteiger partial charge in [0.25, 0.3) is 0 Å². The zero-order chi connectivity index (χ0) is 11.7. The highest BCUT2D eigenvalue weighted by atomic mass is 79.9. The van der Waals surface area contributed by atoms with E-state index in [1.54, 1.807) is 0 Å². The summed E-state index contributed by atoms with van der Waals surface area (Å²) in [6.45, 7) is 9.57. The van der Waals surface area contributed by atoms with Crippen molar-refractivity contribution in [1.82, 2.24) is 4.90 Å². The van der Waals surface area contributed by atoms with Crippen LogP contribution in [0.2, 0.25) is 0 Å². The van der Waals surface area contributed by atoms with E-state index in [4.69, 9.17) is 4.74 Å². The molecule has 1 fully saturated rings. The third kappa shape index (κ3) is 2.21. The molecule has 0 aromatic heterocycles. The Morgan fingerprint density at radius 3 is 2.53 bits per heavy atom. The smallest absolute Gasteiger partial charge is 0.328 e. The molecule has 0 aromatic rings. The van der Waals surface area contributed by atoms with Gasteiger partial charge in [-0.25, -0.2) is 4.79 Å². The Balaban J connectivity index is 2.73. The van der Waals surface area contributed by atoms with E-state index in [0.717, 1.165) is 13.0 Å². The van der Waals surface area contributed by atoms with Crippen LogP contribution in [0.5, 0.6) is 0 Å². The minimum atomic E-state index is -0.407. The van der Waals surface area contributed by atoms with Crippen molar-refractivity contribution in [2.45, 2.75) is 45.2 Å². The van der Waals surface area contributed by atoms with Gasteiger partial charge in [-0.3, -0.25) is 4.90 Å². The molecular formula is C11H20BrNO2. The van der Waals surface area contributed by atoms with E-state index in [1.807, 2.05) is 6.92 Å². The second-order valence-electron chi connectivity index (χ2n) is 4.64. The van der Waals surface area contributed by atoms with Crippen molar-refractivity contribution in [3.63, 3.8) is 0 Å². The summed E-state index contributed by atoms with van der Waals surface area (Å²) in [5, 5.41) is 0.655. The van der Waals surface area contributed by atoms with E-state index >= 15 is 0 Å². The van der Waals surface area contributed by atoms with Gasteiger partial charge in [0.1, 0.15) is 5.54 Å². The molecule has 0 N–H and O–H groups in total. The van der Waals surface area contributed by atoms with Crippen LogP contribution in [-0.4, -0.2) is 40.4 Å². The molecule has 1 aliphatic heterocycles. The van der Waals surface area contributed by atoms with Crippen LogP contribution >= 0.6 is 15.9 Å². The normalized spacial score (nSPS) is 30.1. The Kier molecular flexibility index (Phi) is 3.82. The molecule has 88 valence electrons. The lowest BCUT2D eigenvalue weighted by atomic mass is 10.0. The van der Waals surface area contributed by atoms with Crippen molar-refractivity contribution >= 4 is 21.9 Å². The first kappa shape index (κ1) is 13.0. The maximum absolute atomic E-state index is 11.8. The molecule has 1 saturated heterocycles. The number of nitrogens with zero attached hydrogens (tertiary/aromatic N) is 1. The van der Waals surface area contributed by atoms with Crippen LogP contribution in [-0.2, 0) is 9.53 Å².